The lowest BCUT2D eigenvalue weighted by molar-refractivity contribution is 0.0696. The number of likely N-dealkylation sites (N-methyl/N-ethyl adjacent to an activating group) is 1. The second kappa shape index (κ2) is 6.57. The highest BCUT2D eigenvalue weighted by molar-refractivity contribution is 5.87. The molecule has 106 valence electrons. The Morgan fingerprint density at radius 3 is 2.26 bits per heavy atom. The average Bonchev–Trinajstić information content (AvgIpc) is 2.33. The third-order valence-corrected chi connectivity index (χ3v) is 3.06. The van der Waals surface area contributed by atoms with Crippen molar-refractivity contribution in [1.29, 1.82) is 0 Å². The molecule has 0 saturated heterocycles. The molecule has 0 aliphatic rings. The summed E-state index contributed by atoms with van der Waals surface area (Å²) in [6.45, 7) is 11.1. The maximum Gasteiger partial charge on any atom is 0.335 e. The van der Waals surface area contributed by atoms with E-state index in [9.17, 15) is 4.79 Å². The van der Waals surface area contributed by atoms with Crippen molar-refractivity contribution in [1.82, 2.24) is 4.90 Å². The Morgan fingerprint density at radius 1 is 1.26 bits per heavy atom. The molecule has 1 N–H and O–H groups in total. The summed E-state index contributed by atoms with van der Waals surface area (Å²) >= 11 is 0. The molecule has 0 bridgehead atoms. The SMILES string of the molecule is CCN(CCOc1ccc(C(=O)O)cc1)C(C)(C)C. The van der Waals surface area contributed by atoms with Crippen LogP contribution in [0.15, 0.2) is 24.3 Å². The van der Waals surface area contributed by atoms with Crippen LogP contribution in [0, 0.1) is 0 Å². The molecule has 0 spiro atoms. The minimum Gasteiger partial charge on any atom is -0.492 e. The van der Waals surface area contributed by atoms with Crippen LogP contribution in [0.1, 0.15) is 38.1 Å². The lowest BCUT2D eigenvalue weighted by Gasteiger charge is -2.34. The Balaban J connectivity index is 2.47. The Morgan fingerprint density at radius 2 is 1.84 bits per heavy atom. The van der Waals surface area contributed by atoms with Crippen molar-refractivity contribution < 1.29 is 14.6 Å². The van der Waals surface area contributed by atoms with Gasteiger partial charge in [0.2, 0.25) is 0 Å². The van der Waals surface area contributed by atoms with Gasteiger partial charge in [-0.05, 0) is 51.6 Å². The first-order valence-corrected chi connectivity index (χ1v) is 6.56. The highest BCUT2D eigenvalue weighted by Gasteiger charge is 2.18. The molecule has 1 rings (SSSR count). The van der Waals surface area contributed by atoms with E-state index in [-0.39, 0.29) is 11.1 Å². The third kappa shape index (κ3) is 4.91. The number of ether oxygens (including phenoxy) is 1. The number of hydrogen-bond acceptors (Lipinski definition) is 3. The number of nitrogens with zero attached hydrogens (tertiary/aromatic N) is 1. The number of aromatic carboxylic acids is 1. The van der Waals surface area contributed by atoms with Gasteiger partial charge in [-0.1, -0.05) is 6.92 Å². The monoisotopic (exact) mass is 265 g/mol. The van der Waals surface area contributed by atoms with Crippen molar-refractivity contribution in [3.63, 3.8) is 0 Å². The molecular formula is C15H23NO3. The van der Waals surface area contributed by atoms with Gasteiger partial charge in [-0.2, -0.15) is 0 Å². The Hall–Kier alpha value is -1.55. The van der Waals surface area contributed by atoms with Gasteiger partial charge in [0, 0.05) is 12.1 Å². The highest BCUT2D eigenvalue weighted by Crippen LogP contribution is 2.14. The Kier molecular flexibility index (Phi) is 5.36. The van der Waals surface area contributed by atoms with E-state index in [1.807, 2.05) is 0 Å². The summed E-state index contributed by atoms with van der Waals surface area (Å²) in [5, 5.41) is 8.80. The molecule has 0 saturated carbocycles. The number of carboxylic acids is 1. The van der Waals surface area contributed by atoms with E-state index in [0.717, 1.165) is 13.1 Å². The Labute approximate surface area is 115 Å². The zero-order valence-electron chi connectivity index (χ0n) is 12.1. The summed E-state index contributed by atoms with van der Waals surface area (Å²) in [5.41, 5.74) is 0.405. The van der Waals surface area contributed by atoms with Crippen LogP contribution in [0.3, 0.4) is 0 Å². The first-order valence-electron chi connectivity index (χ1n) is 6.56. The van der Waals surface area contributed by atoms with Crippen LogP contribution in [0.4, 0.5) is 0 Å². The second-order valence-electron chi connectivity index (χ2n) is 5.43. The predicted octanol–water partition coefficient (Wildman–Crippen LogP) is 2.88. The molecule has 4 heteroatoms. The minimum absolute atomic E-state index is 0.130. The fraction of sp³-hybridized carbons (Fsp3) is 0.533. The van der Waals surface area contributed by atoms with E-state index < -0.39 is 5.97 Å². The summed E-state index contributed by atoms with van der Waals surface area (Å²) in [5.74, 6) is -0.216. The van der Waals surface area contributed by atoms with Gasteiger partial charge < -0.3 is 9.84 Å². The van der Waals surface area contributed by atoms with Gasteiger partial charge >= 0.3 is 5.97 Å². The number of rotatable bonds is 6. The van der Waals surface area contributed by atoms with Crippen LogP contribution in [-0.4, -0.2) is 41.2 Å². The van der Waals surface area contributed by atoms with Gasteiger partial charge in [-0.3, -0.25) is 4.90 Å². The smallest absolute Gasteiger partial charge is 0.335 e. The van der Waals surface area contributed by atoms with Crippen LogP contribution in [0.5, 0.6) is 5.75 Å². The fourth-order valence-corrected chi connectivity index (χ4v) is 1.94. The molecule has 0 aliphatic heterocycles. The van der Waals surface area contributed by atoms with Crippen molar-refractivity contribution in [3.8, 4) is 5.75 Å². The number of hydrogen-bond donors (Lipinski definition) is 1. The summed E-state index contributed by atoms with van der Waals surface area (Å²) in [6, 6.07) is 6.49. The summed E-state index contributed by atoms with van der Waals surface area (Å²) in [6.07, 6.45) is 0. The summed E-state index contributed by atoms with van der Waals surface area (Å²) in [7, 11) is 0. The molecule has 0 atom stereocenters. The number of carbonyl (C=O) groups is 1. The van der Waals surface area contributed by atoms with E-state index in [1.165, 1.54) is 0 Å². The maximum atomic E-state index is 10.7. The number of benzene rings is 1. The van der Waals surface area contributed by atoms with Gasteiger partial charge in [-0.25, -0.2) is 4.79 Å². The average molecular weight is 265 g/mol. The van der Waals surface area contributed by atoms with Gasteiger partial charge in [0.05, 0.1) is 5.56 Å². The zero-order chi connectivity index (χ0) is 14.5. The largest absolute Gasteiger partial charge is 0.492 e. The zero-order valence-corrected chi connectivity index (χ0v) is 12.1. The van der Waals surface area contributed by atoms with Crippen LogP contribution in [0.25, 0.3) is 0 Å². The second-order valence-corrected chi connectivity index (χ2v) is 5.43. The van der Waals surface area contributed by atoms with E-state index >= 15 is 0 Å². The van der Waals surface area contributed by atoms with Crippen molar-refractivity contribution in [3.05, 3.63) is 29.8 Å². The molecule has 0 heterocycles. The maximum absolute atomic E-state index is 10.7. The van der Waals surface area contributed by atoms with E-state index in [1.54, 1.807) is 24.3 Å². The molecule has 4 nitrogen and oxygen atoms in total. The fourth-order valence-electron chi connectivity index (χ4n) is 1.94. The van der Waals surface area contributed by atoms with Gasteiger partial charge in [0.15, 0.2) is 0 Å². The highest BCUT2D eigenvalue weighted by atomic mass is 16.5. The molecule has 0 aliphatic carbocycles. The lowest BCUT2D eigenvalue weighted by Crippen LogP contribution is -2.43. The lowest BCUT2D eigenvalue weighted by atomic mass is 10.1. The number of carboxylic acid groups (broad SMARTS) is 1. The summed E-state index contributed by atoms with van der Waals surface area (Å²) in [4.78, 5) is 13.0. The van der Waals surface area contributed by atoms with Crippen LogP contribution in [0.2, 0.25) is 0 Å². The van der Waals surface area contributed by atoms with Gasteiger partial charge in [-0.15, -0.1) is 0 Å². The van der Waals surface area contributed by atoms with Crippen LogP contribution < -0.4 is 4.74 Å². The first-order chi connectivity index (χ1) is 8.84. The summed E-state index contributed by atoms with van der Waals surface area (Å²) < 4.78 is 5.63. The molecule has 0 radical (unpaired) electrons. The first kappa shape index (κ1) is 15.5. The van der Waals surface area contributed by atoms with E-state index in [4.69, 9.17) is 9.84 Å². The van der Waals surface area contributed by atoms with Gasteiger partial charge in [0.25, 0.3) is 0 Å². The van der Waals surface area contributed by atoms with Gasteiger partial charge in [0.1, 0.15) is 12.4 Å². The van der Waals surface area contributed by atoms with Crippen molar-refractivity contribution in [2.45, 2.75) is 33.2 Å². The van der Waals surface area contributed by atoms with Crippen molar-refractivity contribution >= 4 is 5.97 Å². The molecule has 1 aromatic carbocycles. The topological polar surface area (TPSA) is 49.8 Å². The molecule has 0 aromatic heterocycles. The van der Waals surface area contributed by atoms with Crippen LogP contribution in [-0.2, 0) is 0 Å². The van der Waals surface area contributed by atoms with E-state index in [0.29, 0.717) is 12.4 Å². The minimum atomic E-state index is -0.920. The molecule has 0 fully saturated rings. The quantitative estimate of drug-likeness (QED) is 0.859. The standard InChI is InChI=1S/C15H23NO3/c1-5-16(15(2,3)4)10-11-19-13-8-6-12(7-9-13)14(17)18/h6-9H,5,10-11H2,1-4H3,(H,17,18). The predicted molar refractivity (Wildman–Crippen MR) is 75.9 cm³/mol. The van der Waals surface area contributed by atoms with Crippen molar-refractivity contribution in [2.75, 3.05) is 19.7 Å². The van der Waals surface area contributed by atoms with E-state index in [2.05, 4.69) is 32.6 Å². The Bertz CT molecular complexity index is 406. The molecule has 0 amide bonds. The normalized spacial score (nSPS) is 11.6. The molecule has 0 unspecified atom stereocenters. The molecular weight excluding hydrogens is 242 g/mol. The molecule has 19 heavy (non-hydrogen) atoms. The van der Waals surface area contributed by atoms with Crippen molar-refractivity contribution in [2.24, 2.45) is 0 Å². The van der Waals surface area contributed by atoms with Crippen LogP contribution >= 0.6 is 0 Å². The third-order valence-electron chi connectivity index (χ3n) is 3.06. The molecule has 1 aromatic rings.